The van der Waals surface area contributed by atoms with Crippen LogP contribution >= 0.6 is 0 Å². The number of nitrogens with one attached hydrogen (secondary N) is 2. The third-order valence-corrected chi connectivity index (χ3v) is 4.16. The lowest BCUT2D eigenvalue weighted by Crippen LogP contribution is -2.47. The average molecular weight is 254 g/mol. The highest BCUT2D eigenvalue weighted by molar-refractivity contribution is 5.81. The van der Waals surface area contributed by atoms with Gasteiger partial charge in [0.05, 0.1) is 6.04 Å². The Labute approximate surface area is 112 Å². The van der Waals surface area contributed by atoms with Crippen LogP contribution in [-0.4, -0.2) is 24.5 Å². The molecule has 1 aliphatic carbocycles. The van der Waals surface area contributed by atoms with E-state index in [1.54, 1.807) is 0 Å². The van der Waals surface area contributed by atoms with Crippen LogP contribution in [0.4, 0.5) is 0 Å². The molecule has 106 valence electrons. The minimum absolute atomic E-state index is 0.0625. The van der Waals surface area contributed by atoms with E-state index in [0.717, 1.165) is 25.3 Å². The molecule has 1 unspecified atom stereocenters. The molecule has 0 spiro atoms. The maximum Gasteiger partial charge on any atom is 0.237 e. The first-order chi connectivity index (χ1) is 8.67. The normalized spacial score (nSPS) is 18.9. The monoisotopic (exact) mass is 254 g/mol. The summed E-state index contributed by atoms with van der Waals surface area (Å²) < 4.78 is 0. The molecule has 0 aromatic rings. The van der Waals surface area contributed by atoms with Gasteiger partial charge < -0.3 is 10.6 Å². The van der Waals surface area contributed by atoms with Gasteiger partial charge in [-0.05, 0) is 45.1 Å². The minimum Gasteiger partial charge on any atom is -0.352 e. The SMILES string of the molecule is CCC(CC)NC(=O)C(C)NCC1CCCCC1. The first-order valence-electron chi connectivity index (χ1n) is 7.71. The lowest BCUT2D eigenvalue weighted by molar-refractivity contribution is -0.123. The Morgan fingerprint density at radius 1 is 1.17 bits per heavy atom. The van der Waals surface area contributed by atoms with Gasteiger partial charge in [-0.2, -0.15) is 0 Å². The molecule has 18 heavy (non-hydrogen) atoms. The Morgan fingerprint density at radius 2 is 1.78 bits per heavy atom. The minimum atomic E-state index is -0.0625. The van der Waals surface area contributed by atoms with Crippen LogP contribution in [0.5, 0.6) is 0 Å². The van der Waals surface area contributed by atoms with Crippen molar-refractivity contribution in [2.75, 3.05) is 6.54 Å². The predicted molar refractivity (Wildman–Crippen MR) is 76.6 cm³/mol. The summed E-state index contributed by atoms with van der Waals surface area (Å²) in [6, 6.07) is 0.268. The van der Waals surface area contributed by atoms with Crippen molar-refractivity contribution in [2.45, 2.75) is 77.8 Å². The number of hydrogen-bond acceptors (Lipinski definition) is 2. The molecular formula is C15H30N2O. The number of carbonyl (C=O) groups excluding carboxylic acids is 1. The molecule has 0 saturated heterocycles. The van der Waals surface area contributed by atoms with Crippen molar-refractivity contribution in [2.24, 2.45) is 5.92 Å². The van der Waals surface area contributed by atoms with E-state index in [0.29, 0.717) is 6.04 Å². The fraction of sp³-hybridized carbons (Fsp3) is 0.933. The molecule has 0 aromatic heterocycles. The topological polar surface area (TPSA) is 41.1 Å². The second-order valence-corrected chi connectivity index (χ2v) is 5.66. The van der Waals surface area contributed by atoms with E-state index < -0.39 is 0 Å². The van der Waals surface area contributed by atoms with Crippen LogP contribution in [0.15, 0.2) is 0 Å². The largest absolute Gasteiger partial charge is 0.352 e. The predicted octanol–water partition coefficient (Wildman–Crippen LogP) is 2.85. The van der Waals surface area contributed by atoms with Gasteiger partial charge in [0.25, 0.3) is 0 Å². The molecule has 2 N–H and O–H groups in total. The van der Waals surface area contributed by atoms with Crippen LogP contribution in [0.2, 0.25) is 0 Å². The number of amides is 1. The third kappa shape index (κ3) is 5.38. The van der Waals surface area contributed by atoms with Gasteiger partial charge in [-0.1, -0.05) is 33.1 Å². The summed E-state index contributed by atoms with van der Waals surface area (Å²) >= 11 is 0. The fourth-order valence-electron chi connectivity index (χ4n) is 2.65. The second kappa shape index (κ2) is 8.52. The van der Waals surface area contributed by atoms with Crippen LogP contribution in [0.25, 0.3) is 0 Å². The van der Waals surface area contributed by atoms with Crippen molar-refractivity contribution in [3.63, 3.8) is 0 Å². The van der Waals surface area contributed by atoms with Crippen molar-refractivity contribution in [1.29, 1.82) is 0 Å². The van der Waals surface area contributed by atoms with E-state index in [1.807, 2.05) is 6.92 Å². The van der Waals surface area contributed by atoms with Gasteiger partial charge in [0.2, 0.25) is 5.91 Å². The molecule has 1 saturated carbocycles. The van der Waals surface area contributed by atoms with Gasteiger partial charge in [0.15, 0.2) is 0 Å². The van der Waals surface area contributed by atoms with Gasteiger partial charge in [0.1, 0.15) is 0 Å². The zero-order chi connectivity index (χ0) is 13.4. The van der Waals surface area contributed by atoms with Gasteiger partial charge in [-0.15, -0.1) is 0 Å². The van der Waals surface area contributed by atoms with E-state index in [-0.39, 0.29) is 11.9 Å². The maximum atomic E-state index is 12.0. The van der Waals surface area contributed by atoms with Crippen molar-refractivity contribution in [3.05, 3.63) is 0 Å². The quantitative estimate of drug-likeness (QED) is 0.733. The Balaban J connectivity index is 2.22. The molecule has 1 rings (SSSR count). The summed E-state index contributed by atoms with van der Waals surface area (Å²) in [5.74, 6) is 0.932. The summed E-state index contributed by atoms with van der Waals surface area (Å²) in [7, 11) is 0. The number of rotatable bonds is 7. The molecule has 0 aliphatic heterocycles. The average Bonchev–Trinajstić information content (AvgIpc) is 2.42. The summed E-state index contributed by atoms with van der Waals surface area (Å²) in [5, 5.41) is 6.50. The van der Waals surface area contributed by atoms with E-state index >= 15 is 0 Å². The summed E-state index contributed by atoms with van der Waals surface area (Å²) in [4.78, 5) is 12.0. The van der Waals surface area contributed by atoms with Crippen LogP contribution in [-0.2, 0) is 4.79 Å². The smallest absolute Gasteiger partial charge is 0.237 e. The molecule has 1 fully saturated rings. The van der Waals surface area contributed by atoms with Crippen LogP contribution in [0, 0.1) is 5.92 Å². The Morgan fingerprint density at radius 3 is 2.33 bits per heavy atom. The second-order valence-electron chi connectivity index (χ2n) is 5.66. The van der Waals surface area contributed by atoms with E-state index in [4.69, 9.17) is 0 Å². The van der Waals surface area contributed by atoms with Crippen LogP contribution in [0.3, 0.4) is 0 Å². The summed E-state index contributed by atoms with van der Waals surface area (Å²) in [6.07, 6.45) is 8.79. The van der Waals surface area contributed by atoms with E-state index in [9.17, 15) is 4.79 Å². The van der Waals surface area contributed by atoms with Crippen molar-refractivity contribution in [3.8, 4) is 0 Å². The molecule has 0 heterocycles. The van der Waals surface area contributed by atoms with Gasteiger partial charge >= 0.3 is 0 Å². The zero-order valence-corrected chi connectivity index (χ0v) is 12.3. The highest BCUT2D eigenvalue weighted by Gasteiger charge is 2.18. The summed E-state index contributed by atoms with van der Waals surface area (Å²) in [5.41, 5.74) is 0. The van der Waals surface area contributed by atoms with Gasteiger partial charge in [-0.3, -0.25) is 4.79 Å². The lowest BCUT2D eigenvalue weighted by Gasteiger charge is -2.24. The molecule has 3 nitrogen and oxygen atoms in total. The molecule has 0 bridgehead atoms. The third-order valence-electron chi connectivity index (χ3n) is 4.16. The van der Waals surface area contributed by atoms with E-state index in [1.165, 1.54) is 32.1 Å². The molecule has 1 aliphatic rings. The fourth-order valence-corrected chi connectivity index (χ4v) is 2.65. The molecule has 3 heteroatoms. The molecule has 1 amide bonds. The first-order valence-corrected chi connectivity index (χ1v) is 7.71. The zero-order valence-electron chi connectivity index (χ0n) is 12.3. The Kier molecular flexibility index (Phi) is 7.33. The first kappa shape index (κ1) is 15.5. The highest BCUT2D eigenvalue weighted by atomic mass is 16.2. The van der Waals surface area contributed by atoms with Crippen molar-refractivity contribution in [1.82, 2.24) is 10.6 Å². The number of hydrogen-bond donors (Lipinski definition) is 2. The molecule has 1 atom stereocenters. The Bertz CT molecular complexity index is 233. The van der Waals surface area contributed by atoms with Crippen LogP contribution < -0.4 is 10.6 Å². The van der Waals surface area contributed by atoms with Crippen molar-refractivity contribution >= 4 is 5.91 Å². The maximum absolute atomic E-state index is 12.0. The standard InChI is InChI=1S/C15H30N2O/c1-4-14(5-2)17-15(18)12(3)16-11-13-9-7-6-8-10-13/h12-14,16H,4-11H2,1-3H3,(H,17,18). The molecule has 0 aromatic carbocycles. The lowest BCUT2D eigenvalue weighted by atomic mass is 9.89. The van der Waals surface area contributed by atoms with Crippen molar-refractivity contribution < 1.29 is 4.79 Å². The summed E-state index contributed by atoms with van der Waals surface area (Å²) in [6.45, 7) is 7.21. The van der Waals surface area contributed by atoms with Gasteiger partial charge in [0, 0.05) is 6.04 Å². The highest BCUT2D eigenvalue weighted by Crippen LogP contribution is 2.22. The van der Waals surface area contributed by atoms with E-state index in [2.05, 4.69) is 24.5 Å². The number of carbonyl (C=O) groups is 1. The Hall–Kier alpha value is -0.570. The molecular weight excluding hydrogens is 224 g/mol. The van der Waals surface area contributed by atoms with Gasteiger partial charge in [-0.25, -0.2) is 0 Å². The van der Waals surface area contributed by atoms with Crippen LogP contribution in [0.1, 0.15) is 65.7 Å². The molecule has 0 radical (unpaired) electrons.